The van der Waals surface area contributed by atoms with Crippen molar-refractivity contribution in [3.63, 3.8) is 0 Å². The van der Waals surface area contributed by atoms with E-state index in [4.69, 9.17) is 9.47 Å². The first kappa shape index (κ1) is 42.0. The van der Waals surface area contributed by atoms with Crippen LogP contribution in [0.4, 0.5) is 34.1 Å². The molecule has 0 bridgehead atoms. The molecule has 0 aliphatic heterocycles. The van der Waals surface area contributed by atoms with Gasteiger partial charge in [0.2, 0.25) is 0 Å². The van der Waals surface area contributed by atoms with Gasteiger partial charge in [0.25, 0.3) is 0 Å². The third-order valence-electron chi connectivity index (χ3n) is 12.0. The van der Waals surface area contributed by atoms with Crippen LogP contribution < -0.4 is 19.3 Å². The molecule has 0 unspecified atom stereocenters. The van der Waals surface area contributed by atoms with E-state index in [1.807, 2.05) is 60.7 Å². The van der Waals surface area contributed by atoms with Crippen LogP contribution in [0.5, 0.6) is 23.0 Å². The number of aryl methyl sites for hydroxylation is 2. The highest BCUT2D eigenvalue weighted by Crippen LogP contribution is 2.52. The lowest BCUT2D eigenvalue weighted by Crippen LogP contribution is -2.17. The number of benzene rings is 9. The fraction of sp³-hybridized carbons (Fsp3) is 0.167. The van der Waals surface area contributed by atoms with Crippen molar-refractivity contribution in [3.05, 3.63) is 216 Å². The molecule has 0 aliphatic carbocycles. The maximum Gasteiger partial charge on any atom is 0.127 e. The van der Waals surface area contributed by atoms with Gasteiger partial charge < -0.3 is 19.3 Å². The normalized spacial score (nSPS) is 11.8. The van der Waals surface area contributed by atoms with Crippen molar-refractivity contribution in [2.24, 2.45) is 0 Å². The largest absolute Gasteiger partial charge is 0.457 e. The lowest BCUT2D eigenvalue weighted by atomic mass is 9.82. The van der Waals surface area contributed by atoms with E-state index in [0.29, 0.717) is 0 Å². The van der Waals surface area contributed by atoms with E-state index in [-0.39, 0.29) is 10.8 Å². The first-order chi connectivity index (χ1) is 30.8. The van der Waals surface area contributed by atoms with E-state index in [9.17, 15) is 0 Å². The minimum Gasteiger partial charge on any atom is -0.457 e. The van der Waals surface area contributed by atoms with Gasteiger partial charge in [-0.1, -0.05) is 138 Å². The topological polar surface area (TPSA) is 24.9 Å². The molecule has 9 aromatic carbocycles. The standard InChI is InChI=1S/C60H56N2O2/c1-41-19-25-45(26-20-41)61(47-29-33-51(34-30-47)63-49-15-11-9-12-16-49)57-53-37-23-44(60(6,7)8)40-56(53)58(54-38-24-43(39-55(54)57)59(3,4)5)62(46-27-21-42(2)22-28-46)48-31-35-52(36-32-48)64-50-17-13-10-14-18-50/h9-40H,1-8H3. The molecular weight excluding hydrogens is 781 g/mol. The van der Waals surface area contributed by atoms with E-state index >= 15 is 0 Å². The highest BCUT2D eigenvalue weighted by Gasteiger charge is 2.28. The zero-order valence-electron chi connectivity index (χ0n) is 38.2. The smallest absolute Gasteiger partial charge is 0.127 e. The maximum absolute atomic E-state index is 6.32. The van der Waals surface area contributed by atoms with Crippen LogP contribution in [-0.4, -0.2) is 0 Å². The molecule has 64 heavy (non-hydrogen) atoms. The molecule has 0 spiro atoms. The number of para-hydroxylation sites is 2. The summed E-state index contributed by atoms with van der Waals surface area (Å²) in [6.45, 7) is 18.1. The zero-order chi connectivity index (χ0) is 44.6. The molecule has 0 saturated carbocycles. The summed E-state index contributed by atoms with van der Waals surface area (Å²) in [7, 11) is 0. The second-order valence-corrected chi connectivity index (χ2v) is 18.9. The van der Waals surface area contributed by atoms with Crippen LogP contribution in [0.3, 0.4) is 0 Å². The Hall–Kier alpha value is -7.30. The molecule has 9 rings (SSSR count). The summed E-state index contributed by atoms with van der Waals surface area (Å²) >= 11 is 0. The van der Waals surface area contributed by atoms with Gasteiger partial charge in [0.1, 0.15) is 23.0 Å². The molecule has 9 aromatic rings. The van der Waals surface area contributed by atoms with Crippen molar-refractivity contribution in [3.8, 4) is 23.0 Å². The van der Waals surface area contributed by atoms with Crippen LogP contribution in [0.15, 0.2) is 194 Å². The Morgan fingerprint density at radius 3 is 0.922 bits per heavy atom. The van der Waals surface area contributed by atoms with Gasteiger partial charge >= 0.3 is 0 Å². The molecule has 0 amide bonds. The van der Waals surface area contributed by atoms with Crippen molar-refractivity contribution >= 4 is 55.7 Å². The third-order valence-corrected chi connectivity index (χ3v) is 12.0. The van der Waals surface area contributed by atoms with Gasteiger partial charge in [-0.15, -0.1) is 0 Å². The van der Waals surface area contributed by atoms with Gasteiger partial charge in [-0.3, -0.25) is 0 Å². The summed E-state index contributed by atoms with van der Waals surface area (Å²) in [4.78, 5) is 4.88. The molecule has 318 valence electrons. The molecule has 0 aliphatic rings. The Labute approximate surface area is 379 Å². The molecule has 4 nitrogen and oxygen atoms in total. The average Bonchev–Trinajstić information content (AvgIpc) is 3.29. The minimum atomic E-state index is -0.104. The Morgan fingerprint density at radius 1 is 0.312 bits per heavy atom. The number of rotatable bonds is 10. The van der Waals surface area contributed by atoms with Crippen molar-refractivity contribution in [1.29, 1.82) is 0 Å². The Balaban J connectivity index is 1.35. The second kappa shape index (κ2) is 17.1. The van der Waals surface area contributed by atoms with Crippen LogP contribution in [0.25, 0.3) is 21.5 Å². The van der Waals surface area contributed by atoms with Gasteiger partial charge in [-0.25, -0.2) is 0 Å². The van der Waals surface area contributed by atoms with Crippen molar-refractivity contribution in [2.75, 3.05) is 9.80 Å². The van der Waals surface area contributed by atoms with E-state index in [0.717, 1.165) is 78.7 Å². The Kier molecular flexibility index (Phi) is 11.2. The maximum atomic E-state index is 6.32. The van der Waals surface area contributed by atoms with Crippen LogP contribution in [-0.2, 0) is 10.8 Å². The first-order valence-electron chi connectivity index (χ1n) is 22.2. The molecule has 0 radical (unpaired) electrons. The molecule has 0 fully saturated rings. The average molecular weight is 837 g/mol. The van der Waals surface area contributed by atoms with E-state index in [1.165, 1.54) is 22.3 Å². The molecule has 4 heteroatoms. The highest BCUT2D eigenvalue weighted by molar-refractivity contribution is 6.23. The van der Waals surface area contributed by atoms with Gasteiger partial charge in [-0.05, 0) is 145 Å². The quantitative estimate of drug-likeness (QED) is 0.101. The Bertz CT molecular complexity index is 2820. The monoisotopic (exact) mass is 836 g/mol. The fourth-order valence-corrected chi connectivity index (χ4v) is 8.38. The lowest BCUT2D eigenvalue weighted by Gasteiger charge is -2.34. The predicted octanol–water partition coefficient (Wildman–Crippen LogP) is 17.7. The summed E-state index contributed by atoms with van der Waals surface area (Å²) in [6.07, 6.45) is 0. The van der Waals surface area contributed by atoms with Gasteiger partial charge in [0.05, 0.1) is 11.4 Å². The predicted molar refractivity (Wildman–Crippen MR) is 271 cm³/mol. The number of nitrogens with zero attached hydrogens (tertiary/aromatic N) is 2. The lowest BCUT2D eigenvalue weighted by molar-refractivity contribution is 0.482. The number of hydrogen-bond acceptors (Lipinski definition) is 4. The SMILES string of the molecule is Cc1ccc(N(c2ccc(Oc3ccccc3)cc2)c2c3ccc(C(C)(C)C)cc3c(N(c3ccc(C)cc3)c3ccc(Oc4ccccc4)cc3)c3ccc(C(C)(C)C)cc23)cc1. The molecule has 0 aromatic heterocycles. The molecule has 0 N–H and O–H groups in total. The summed E-state index contributed by atoms with van der Waals surface area (Å²) in [6, 6.07) is 68.9. The summed E-state index contributed by atoms with van der Waals surface area (Å²) in [5.41, 5.74) is 11.2. The van der Waals surface area contributed by atoms with Crippen molar-refractivity contribution < 1.29 is 9.47 Å². The molecular formula is C60H56N2O2. The number of anilines is 6. The Morgan fingerprint density at radius 2 is 0.609 bits per heavy atom. The molecule has 0 atom stereocenters. The molecule has 0 heterocycles. The van der Waals surface area contributed by atoms with Gasteiger partial charge in [0.15, 0.2) is 0 Å². The van der Waals surface area contributed by atoms with Crippen LogP contribution in [0, 0.1) is 13.8 Å². The van der Waals surface area contributed by atoms with E-state index in [2.05, 4.69) is 199 Å². The third kappa shape index (κ3) is 8.69. The first-order valence-corrected chi connectivity index (χ1v) is 22.2. The number of ether oxygens (including phenoxy) is 2. The highest BCUT2D eigenvalue weighted by atomic mass is 16.5. The van der Waals surface area contributed by atoms with Crippen molar-refractivity contribution in [2.45, 2.75) is 66.2 Å². The summed E-state index contributed by atoms with van der Waals surface area (Å²) in [5, 5.41) is 4.61. The number of hydrogen-bond donors (Lipinski definition) is 0. The van der Waals surface area contributed by atoms with Crippen LogP contribution in [0.2, 0.25) is 0 Å². The van der Waals surface area contributed by atoms with Gasteiger partial charge in [0, 0.05) is 44.3 Å². The van der Waals surface area contributed by atoms with Gasteiger partial charge in [-0.2, -0.15) is 0 Å². The number of fused-ring (bicyclic) bond motifs is 2. The van der Waals surface area contributed by atoms with E-state index < -0.39 is 0 Å². The van der Waals surface area contributed by atoms with E-state index in [1.54, 1.807) is 0 Å². The second-order valence-electron chi connectivity index (χ2n) is 18.9. The summed E-state index contributed by atoms with van der Waals surface area (Å²) < 4.78 is 12.6. The van der Waals surface area contributed by atoms with Crippen LogP contribution in [0.1, 0.15) is 63.8 Å². The summed E-state index contributed by atoms with van der Waals surface area (Å²) in [5.74, 6) is 3.17. The van der Waals surface area contributed by atoms with Crippen LogP contribution >= 0.6 is 0 Å². The fourth-order valence-electron chi connectivity index (χ4n) is 8.38. The van der Waals surface area contributed by atoms with Crippen molar-refractivity contribution in [1.82, 2.24) is 0 Å². The zero-order valence-corrected chi connectivity index (χ0v) is 38.2. The molecule has 0 saturated heterocycles. The minimum absolute atomic E-state index is 0.104.